The molecule has 4 aromatic rings. The van der Waals surface area contributed by atoms with Crippen molar-refractivity contribution in [2.24, 2.45) is 0 Å². The Bertz CT molecular complexity index is 1200. The van der Waals surface area contributed by atoms with Crippen LogP contribution in [0.4, 0.5) is 11.5 Å². The van der Waals surface area contributed by atoms with Crippen LogP contribution >= 0.6 is 0 Å². The van der Waals surface area contributed by atoms with Crippen LogP contribution in [-0.2, 0) is 0 Å². The van der Waals surface area contributed by atoms with E-state index in [-0.39, 0.29) is 11.6 Å². The molecule has 0 aliphatic rings. The first kappa shape index (κ1) is 17.4. The van der Waals surface area contributed by atoms with Crippen molar-refractivity contribution in [1.82, 2.24) is 9.78 Å². The molecule has 1 heterocycles. The minimum Gasteiger partial charge on any atom is -0.306 e. The summed E-state index contributed by atoms with van der Waals surface area (Å²) in [6.45, 7) is 1.81. The highest BCUT2D eigenvalue weighted by Gasteiger charge is 2.14. The standard InChI is InChI=1S/C21H16N4O3/c1-14-12-20(24(23-14)18-8-10-19(11-9-18)25(27)28)22-21(26)17-7-6-15-4-2-3-5-16(15)13-17/h2-13H,1H3,(H,22,26). The summed E-state index contributed by atoms with van der Waals surface area (Å²) in [5, 5.41) is 20.1. The van der Waals surface area contributed by atoms with E-state index in [0.717, 1.165) is 10.8 Å². The summed E-state index contributed by atoms with van der Waals surface area (Å²) in [6.07, 6.45) is 0. The molecular weight excluding hydrogens is 356 g/mol. The van der Waals surface area contributed by atoms with E-state index >= 15 is 0 Å². The summed E-state index contributed by atoms with van der Waals surface area (Å²) in [6, 6.07) is 21.1. The minimum absolute atomic E-state index is 0.00521. The number of amides is 1. The zero-order valence-corrected chi connectivity index (χ0v) is 15.0. The molecule has 0 fully saturated rings. The van der Waals surface area contributed by atoms with E-state index in [1.165, 1.54) is 12.1 Å². The number of hydrogen-bond acceptors (Lipinski definition) is 4. The third-order valence-corrected chi connectivity index (χ3v) is 4.39. The highest BCUT2D eigenvalue weighted by Crippen LogP contribution is 2.21. The lowest BCUT2D eigenvalue weighted by Gasteiger charge is -2.09. The highest BCUT2D eigenvalue weighted by molar-refractivity contribution is 6.06. The van der Waals surface area contributed by atoms with E-state index in [0.29, 0.717) is 22.8 Å². The molecule has 0 saturated carbocycles. The third-order valence-electron chi connectivity index (χ3n) is 4.39. The number of aromatic nitrogens is 2. The van der Waals surface area contributed by atoms with Crippen LogP contribution < -0.4 is 5.32 Å². The predicted molar refractivity (Wildman–Crippen MR) is 107 cm³/mol. The van der Waals surface area contributed by atoms with E-state index in [2.05, 4.69) is 10.4 Å². The predicted octanol–water partition coefficient (Wildman–Crippen LogP) is 4.49. The lowest BCUT2D eigenvalue weighted by molar-refractivity contribution is -0.384. The van der Waals surface area contributed by atoms with Crippen molar-refractivity contribution in [2.75, 3.05) is 5.32 Å². The molecule has 0 aliphatic heterocycles. The van der Waals surface area contributed by atoms with Crippen LogP contribution in [0.2, 0.25) is 0 Å². The van der Waals surface area contributed by atoms with Crippen molar-refractivity contribution in [2.45, 2.75) is 6.92 Å². The maximum Gasteiger partial charge on any atom is 0.269 e. The van der Waals surface area contributed by atoms with Gasteiger partial charge in [-0.25, -0.2) is 4.68 Å². The average Bonchev–Trinajstić information content (AvgIpc) is 3.07. The molecule has 28 heavy (non-hydrogen) atoms. The fourth-order valence-electron chi connectivity index (χ4n) is 3.02. The van der Waals surface area contributed by atoms with E-state index < -0.39 is 4.92 Å². The number of hydrogen-bond donors (Lipinski definition) is 1. The number of carbonyl (C=O) groups excluding carboxylic acids is 1. The van der Waals surface area contributed by atoms with Gasteiger partial charge in [0.25, 0.3) is 11.6 Å². The quantitative estimate of drug-likeness (QED) is 0.422. The Morgan fingerprint density at radius 1 is 1.00 bits per heavy atom. The van der Waals surface area contributed by atoms with Gasteiger partial charge in [0.05, 0.1) is 16.3 Å². The maximum absolute atomic E-state index is 12.8. The number of nitrogens with one attached hydrogen (secondary N) is 1. The Hall–Kier alpha value is -4.00. The van der Waals surface area contributed by atoms with Gasteiger partial charge in [-0.15, -0.1) is 0 Å². The van der Waals surface area contributed by atoms with Crippen LogP contribution in [0.1, 0.15) is 16.1 Å². The van der Waals surface area contributed by atoms with Crippen LogP contribution in [0.3, 0.4) is 0 Å². The van der Waals surface area contributed by atoms with E-state index in [1.807, 2.05) is 43.3 Å². The van der Waals surface area contributed by atoms with E-state index in [4.69, 9.17) is 0 Å². The number of non-ortho nitro benzene ring substituents is 1. The molecule has 7 nitrogen and oxygen atoms in total. The summed E-state index contributed by atoms with van der Waals surface area (Å²) in [5.74, 6) is 0.235. The van der Waals surface area contributed by atoms with Gasteiger partial charge in [0.15, 0.2) is 0 Å². The van der Waals surface area contributed by atoms with Gasteiger partial charge in [0.2, 0.25) is 0 Å². The van der Waals surface area contributed by atoms with E-state index in [9.17, 15) is 14.9 Å². The van der Waals surface area contributed by atoms with Crippen LogP contribution in [-0.4, -0.2) is 20.6 Å². The van der Waals surface area contributed by atoms with Crippen LogP contribution in [0.5, 0.6) is 0 Å². The molecule has 0 saturated heterocycles. The smallest absolute Gasteiger partial charge is 0.269 e. The second kappa shape index (κ2) is 6.96. The molecule has 0 spiro atoms. The molecule has 1 aromatic heterocycles. The van der Waals surface area contributed by atoms with Crippen molar-refractivity contribution >= 4 is 28.2 Å². The number of rotatable bonds is 4. The molecule has 0 aliphatic carbocycles. The number of nitro groups is 1. The molecule has 0 bridgehead atoms. The van der Waals surface area contributed by atoms with Gasteiger partial charge in [-0.3, -0.25) is 14.9 Å². The van der Waals surface area contributed by atoms with Gasteiger partial charge in [-0.1, -0.05) is 30.3 Å². The first-order chi connectivity index (χ1) is 13.5. The summed E-state index contributed by atoms with van der Waals surface area (Å²) in [7, 11) is 0. The van der Waals surface area contributed by atoms with Crippen LogP contribution in [0.15, 0.2) is 72.8 Å². The monoisotopic (exact) mass is 372 g/mol. The zero-order valence-electron chi connectivity index (χ0n) is 15.0. The van der Waals surface area contributed by atoms with Gasteiger partial charge < -0.3 is 5.32 Å². The SMILES string of the molecule is Cc1cc(NC(=O)c2ccc3ccccc3c2)n(-c2ccc([N+](=O)[O-])cc2)n1. The van der Waals surface area contributed by atoms with Gasteiger partial charge in [0, 0.05) is 23.8 Å². The largest absolute Gasteiger partial charge is 0.306 e. The Labute approximate surface area is 160 Å². The van der Waals surface area contributed by atoms with Crippen molar-refractivity contribution in [3.63, 3.8) is 0 Å². The average molecular weight is 372 g/mol. The summed E-state index contributed by atoms with van der Waals surface area (Å²) in [4.78, 5) is 23.1. The molecule has 4 rings (SSSR count). The van der Waals surface area contributed by atoms with Gasteiger partial charge >= 0.3 is 0 Å². The molecule has 1 amide bonds. The van der Waals surface area contributed by atoms with Gasteiger partial charge in [-0.2, -0.15) is 5.10 Å². The topological polar surface area (TPSA) is 90.1 Å². The number of fused-ring (bicyclic) bond motifs is 1. The van der Waals surface area contributed by atoms with E-state index in [1.54, 1.807) is 28.9 Å². The lowest BCUT2D eigenvalue weighted by Crippen LogP contribution is -2.15. The first-order valence-corrected chi connectivity index (χ1v) is 8.63. The molecule has 0 atom stereocenters. The summed E-state index contributed by atoms with van der Waals surface area (Å²) >= 11 is 0. The molecule has 138 valence electrons. The molecule has 3 aromatic carbocycles. The second-order valence-corrected chi connectivity index (χ2v) is 6.37. The molecule has 1 N–H and O–H groups in total. The van der Waals surface area contributed by atoms with Crippen molar-refractivity contribution in [3.8, 4) is 5.69 Å². The zero-order chi connectivity index (χ0) is 19.7. The second-order valence-electron chi connectivity index (χ2n) is 6.37. The molecule has 7 heteroatoms. The van der Waals surface area contributed by atoms with Gasteiger partial charge in [0.1, 0.15) is 5.82 Å². The summed E-state index contributed by atoms with van der Waals surface area (Å²) < 4.78 is 1.55. The number of nitrogens with zero attached hydrogens (tertiary/aromatic N) is 3. The number of aryl methyl sites for hydroxylation is 1. The Balaban J connectivity index is 1.64. The summed E-state index contributed by atoms with van der Waals surface area (Å²) in [5.41, 5.74) is 1.86. The fourth-order valence-corrected chi connectivity index (χ4v) is 3.02. The highest BCUT2D eigenvalue weighted by atomic mass is 16.6. The minimum atomic E-state index is -0.458. The van der Waals surface area contributed by atoms with Gasteiger partial charge in [-0.05, 0) is 42.0 Å². The first-order valence-electron chi connectivity index (χ1n) is 8.63. The number of anilines is 1. The third kappa shape index (κ3) is 3.33. The molecule has 0 unspecified atom stereocenters. The van der Waals surface area contributed by atoms with Crippen molar-refractivity contribution < 1.29 is 9.72 Å². The molecule has 0 radical (unpaired) electrons. The Morgan fingerprint density at radius 2 is 1.71 bits per heavy atom. The normalized spacial score (nSPS) is 10.8. The van der Waals surface area contributed by atoms with Crippen LogP contribution in [0, 0.1) is 17.0 Å². The number of nitro benzene ring substituents is 1. The van der Waals surface area contributed by atoms with Crippen molar-refractivity contribution in [1.29, 1.82) is 0 Å². The Kier molecular flexibility index (Phi) is 4.33. The lowest BCUT2D eigenvalue weighted by atomic mass is 10.1. The Morgan fingerprint density at radius 3 is 2.43 bits per heavy atom. The van der Waals surface area contributed by atoms with Crippen LogP contribution in [0.25, 0.3) is 16.5 Å². The number of carbonyl (C=O) groups is 1. The van der Waals surface area contributed by atoms with Crippen molar-refractivity contribution in [3.05, 3.63) is 94.2 Å². The number of benzene rings is 3. The fraction of sp³-hybridized carbons (Fsp3) is 0.0476. The maximum atomic E-state index is 12.8. The molecular formula is C21H16N4O3.